The zero-order valence-corrected chi connectivity index (χ0v) is 32.8. The van der Waals surface area contributed by atoms with Gasteiger partial charge < -0.3 is 9.47 Å². The minimum Gasteiger partial charge on any atom is -0.310 e. The summed E-state index contributed by atoms with van der Waals surface area (Å²) in [5.41, 5.74) is 14.7. The molecule has 10 aromatic rings. The van der Waals surface area contributed by atoms with Crippen molar-refractivity contribution in [1.82, 2.24) is 19.5 Å². The van der Waals surface area contributed by atoms with Crippen molar-refractivity contribution in [3.8, 4) is 51.0 Å². The molecule has 1 aliphatic heterocycles. The fourth-order valence-corrected chi connectivity index (χ4v) is 8.87. The van der Waals surface area contributed by atoms with Crippen molar-refractivity contribution in [2.75, 3.05) is 4.90 Å². The maximum Gasteiger partial charge on any atom is 0.164 e. The van der Waals surface area contributed by atoms with Gasteiger partial charge in [0.25, 0.3) is 0 Å². The fourth-order valence-electron chi connectivity index (χ4n) is 8.87. The van der Waals surface area contributed by atoms with E-state index in [1.807, 2.05) is 60.7 Å². The van der Waals surface area contributed by atoms with E-state index in [1.165, 1.54) is 44.4 Å². The Balaban J connectivity index is 0.997. The minimum atomic E-state index is -0.187. The summed E-state index contributed by atoms with van der Waals surface area (Å²) in [6.45, 7) is 4.70. The zero-order valence-electron chi connectivity index (χ0n) is 32.8. The molecule has 0 saturated carbocycles. The SMILES string of the molecule is CC1(C)c2ccccc2N(c2ccccc2)c2ccc(-c3ccc4c(c3)c3ccccc3n4-c3ccc(-c4nc(-c5ccccc5)nc(-c5ccccc5)n4)cc3)cc21. The maximum absolute atomic E-state index is 4.96. The molecule has 1 aliphatic rings. The van der Waals surface area contributed by atoms with Crippen LogP contribution in [0, 0.1) is 0 Å². The van der Waals surface area contributed by atoms with E-state index in [0.717, 1.165) is 39.1 Å². The van der Waals surface area contributed by atoms with Crippen molar-refractivity contribution >= 4 is 38.9 Å². The van der Waals surface area contributed by atoms with Crippen molar-refractivity contribution in [3.05, 3.63) is 211 Å². The normalized spacial score (nSPS) is 13.0. The molecule has 0 unspecified atom stereocenters. The smallest absolute Gasteiger partial charge is 0.164 e. The lowest BCUT2D eigenvalue weighted by Gasteiger charge is -2.42. The van der Waals surface area contributed by atoms with E-state index in [-0.39, 0.29) is 5.41 Å². The predicted molar refractivity (Wildman–Crippen MR) is 243 cm³/mol. The monoisotopic (exact) mass is 757 g/mol. The first-order chi connectivity index (χ1) is 29.0. The van der Waals surface area contributed by atoms with E-state index in [1.54, 1.807) is 0 Å². The van der Waals surface area contributed by atoms with Gasteiger partial charge in [-0.2, -0.15) is 0 Å². The number of anilines is 3. The number of benzene rings is 8. The van der Waals surface area contributed by atoms with Crippen molar-refractivity contribution in [3.63, 3.8) is 0 Å². The summed E-state index contributed by atoms with van der Waals surface area (Å²) >= 11 is 0. The Hall–Kier alpha value is -7.63. The minimum absolute atomic E-state index is 0.187. The highest BCUT2D eigenvalue weighted by Crippen LogP contribution is 2.52. The molecule has 0 spiro atoms. The van der Waals surface area contributed by atoms with Crippen LogP contribution in [0.25, 0.3) is 72.8 Å². The van der Waals surface area contributed by atoms with E-state index in [4.69, 9.17) is 15.0 Å². The molecular weight excluding hydrogens is 719 g/mol. The van der Waals surface area contributed by atoms with Gasteiger partial charge in [-0.3, -0.25) is 0 Å². The Labute approximate surface area is 343 Å². The number of aromatic nitrogens is 4. The Bertz CT molecular complexity index is 3110. The molecule has 0 saturated heterocycles. The Morgan fingerprint density at radius 2 is 0.847 bits per heavy atom. The van der Waals surface area contributed by atoms with Crippen LogP contribution in [-0.4, -0.2) is 19.5 Å². The molecular formula is C54H39N5. The van der Waals surface area contributed by atoms with Crippen molar-refractivity contribution in [2.24, 2.45) is 0 Å². The zero-order chi connectivity index (χ0) is 39.5. The lowest BCUT2D eigenvalue weighted by molar-refractivity contribution is 0.632. The third-order valence-corrected chi connectivity index (χ3v) is 11.8. The predicted octanol–water partition coefficient (Wildman–Crippen LogP) is 13.7. The second-order valence-corrected chi connectivity index (χ2v) is 15.7. The summed E-state index contributed by atoms with van der Waals surface area (Å²) in [4.78, 5) is 17.2. The maximum atomic E-state index is 4.96. The molecule has 0 bridgehead atoms. The number of fused-ring (bicyclic) bond motifs is 5. The molecule has 0 amide bonds. The molecule has 5 heteroatoms. The first-order valence-electron chi connectivity index (χ1n) is 20.1. The molecule has 59 heavy (non-hydrogen) atoms. The van der Waals surface area contributed by atoms with Gasteiger partial charge in [0.15, 0.2) is 17.5 Å². The highest BCUT2D eigenvalue weighted by molar-refractivity contribution is 6.10. The number of nitrogens with zero attached hydrogens (tertiary/aromatic N) is 5. The van der Waals surface area contributed by atoms with Gasteiger partial charge in [0, 0.05) is 44.3 Å². The van der Waals surface area contributed by atoms with Gasteiger partial charge in [-0.25, -0.2) is 15.0 Å². The molecule has 0 atom stereocenters. The van der Waals surface area contributed by atoms with E-state index in [0.29, 0.717) is 17.5 Å². The first kappa shape index (κ1) is 34.6. The van der Waals surface area contributed by atoms with E-state index in [2.05, 4.69) is 163 Å². The number of hydrogen-bond acceptors (Lipinski definition) is 4. The average Bonchev–Trinajstić information content (AvgIpc) is 3.63. The van der Waals surface area contributed by atoms with Crippen LogP contribution in [0.1, 0.15) is 25.0 Å². The van der Waals surface area contributed by atoms with E-state index in [9.17, 15) is 0 Å². The van der Waals surface area contributed by atoms with Gasteiger partial charge in [0.05, 0.1) is 22.4 Å². The lowest BCUT2D eigenvalue weighted by atomic mass is 9.73. The fraction of sp³-hybridized carbons (Fsp3) is 0.0556. The van der Waals surface area contributed by atoms with Crippen LogP contribution >= 0.6 is 0 Å². The van der Waals surface area contributed by atoms with Crippen molar-refractivity contribution in [1.29, 1.82) is 0 Å². The van der Waals surface area contributed by atoms with Gasteiger partial charge in [-0.05, 0) is 95.1 Å². The third kappa shape index (κ3) is 5.81. The molecule has 280 valence electrons. The second-order valence-electron chi connectivity index (χ2n) is 15.7. The molecule has 2 aromatic heterocycles. The second kappa shape index (κ2) is 13.8. The summed E-state index contributed by atoms with van der Waals surface area (Å²) in [5.74, 6) is 1.94. The van der Waals surface area contributed by atoms with Crippen molar-refractivity contribution < 1.29 is 0 Å². The highest BCUT2D eigenvalue weighted by Gasteiger charge is 2.37. The summed E-state index contributed by atoms with van der Waals surface area (Å²) in [7, 11) is 0. The number of para-hydroxylation sites is 3. The summed E-state index contributed by atoms with van der Waals surface area (Å²) in [5, 5.41) is 2.43. The van der Waals surface area contributed by atoms with Gasteiger partial charge in [0.2, 0.25) is 0 Å². The topological polar surface area (TPSA) is 46.8 Å². The molecule has 5 nitrogen and oxygen atoms in total. The summed E-state index contributed by atoms with van der Waals surface area (Å²) < 4.78 is 2.36. The van der Waals surface area contributed by atoms with E-state index < -0.39 is 0 Å². The summed E-state index contributed by atoms with van der Waals surface area (Å²) in [6, 6.07) is 70.9. The van der Waals surface area contributed by atoms with Crippen LogP contribution in [0.4, 0.5) is 17.1 Å². The van der Waals surface area contributed by atoms with Crippen LogP contribution in [0.5, 0.6) is 0 Å². The van der Waals surface area contributed by atoms with Crippen LogP contribution in [0.2, 0.25) is 0 Å². The highest BCUT2D eigenvalue weighted by atomic mass is 15.2. The van der Waals surface area contributed by atoms with Crippen LogP contribution in [0.15, 0.2) is 200 Å². The largest absolute Gasteiger partial charge is 0.310 e. The molecule has 0 N–H and O–H groups in total. The molecule has 3 heterocycles. The molecule has 0 fully saturated rings. The first-order valence-corrected chi connectivity index (χ1v) is 20.1. The molecule has 11 rings (SSSR count). The molecule has 0 aliphatic carbocycles. The molecule has 0 radical (unpaired) electrons. The van der Waals surface area contributed by atoms with Crippen molar-refractivity contribution in [2.45, 2.75) is 19.3 Å². The number of rotatable bonds is 6. The quantitative estimate of drug-likeness (QED) is 0.169. The van der Waals surface area contributed by atoms with Gasteiger partial charge >= 0.3 is 0 Å². The Kier molecular flexibility index (Phi) is 8.09. The van der Waals surface area contributed by atoms with Crippen LogP contribution in [-0.2, 0) is 5.41 Å². The Morgan fingerprint density at radius 1 is 0.356 bits per heavy atom. The summed E-state index contributed by atoms with van der Waals surface area (Å²) in [6.07, 6.45) is 0. The Morgan fingerprint density at radius 3 is 1.53 bits per heavy atom. The standard InChI is InChI=1S/C54H39N5/c1-54(2)45-23-13-15-25-49(45)59(41-20-10-5-11-21-41)50-33-29-40(35-46(50)54)39-28-32-48-44(34-39)43-22-12-14-24-47(43)58(48)42-30-26-38(27-31-42)53-56-51(36-16-6-3-7-17-36)55-52(57-53)37-18-8-4-9-19-37/h3-35H,1-2H3. The third-order valence-electron chi connectivity index (χ3n) is 11.8. The van der Waals surface area contributed by atoms with Gasteiger partial charge in [-0.15, -0.1) is 0 Å². The van der Waals surface area contributed by atoms with Crippen LogP contribution < -0.4 is 4.90 Å². The molecule has 8 aromatic carbocycles. The van der Waals surface area contributed by atoms with Gasteiger partial charge in [-0.1, -0.05) is 141 Å². The van der Waals surface area contributed by atoms with E-state index >= 15 is 0 Å². The average molecular weight is 758 g/mol. The lowest BCUT2D eigenvalue weighted by Crippen LogP contribution is -2.30. The van der Waals surface area contributed by atoms with Crippen LogP contribution in [0.3, 0.4) is 0 Å². The van der Waals surface area contributed by atoms with Gasteiger partial charge in [0.1, 0.15) is 0 Å². The number of hydrogen-bond donors (Lipinski definition) is 0.